The predicted octanol–water partition coefficient (Wildman–Crippen LogP) is 4.02. The van der Waals surface area contributed by atoms with Crippen LogP contribution in [0.2, 0.25) is 0 Å². The maximum Gasteiger partial charge on any atom is 0.243 e. The van der Waals surface area contributed by atoms with Crippen molar-refractivity contribution in [3.8, 4) is 11.5 Å². The molecule has 0 spiro atoms. The molecule has 0 aliphatic carbocycles. The second kappa shape index (κ2) is 11.1. The number of pyridine rings is 1. The molecule has 0 radical (unpaired) electrons. The van der Waals surface area contributed by atoms with Crippen LogP contribution in [-0.2, 0) is 16.2 Å². The van der Waals surface area contributed by atoms with Gasteiger partial charge in [0.25, 0.3) is 0 Å². The van der Waals surface area contributed by atoms with E-state index in [1.165, 1.54) is 5.01 Å². The largest absolute Gasteiger partial charge is 0.493 e. The first-order valence-electron chi connectivity index (χ1n) is 11.1. The molecule has 1 aliphatic heterocycles. The number of hydrazone groups is 1. The highest BCUT2D eigenvalue weighted by Gasteiger charge is 2.22. The fraction of sp³-hybridized carbons (Fsp3) is 0.231. The minimum absolute atomic E-state index is 0.0590. The van der Waals surface area contributed by atoms with Crippen LogP contribution in [0.25, 0.3) is 0 Å². The van der Waals surface area contributed by atoms with Crippen LogP contribution in [0.3, 0.4) is 0 Å². The first-order chi connectivity index (χ1) is 16.6. The van der Waals surface area contributed by atoms with Gasteiger partial charge >= 0.3 is 0 Å². The van der Waals surface area contributed by atoms with Gasteiger partial charge in [-0.3, -0.25) is 14.6 Å². The third-order valence-electron chi connectivity index (χ3n) is 5.33. The topological polar surface area (TPSA) is 93.1 Å². The Labute approximate surface area is 198 Å². The van der Waals surface area contributed by atoms with Crippen molar-refractivity contribution in [2.24, 2.45) is 5.10 Å². The fourth-order valence-electron chi connectivity index (χ4n) is 3.56. The van der Waals surface area contributed by atoms with Gasteiger partial charge < -0.3 is 14.8 Å². The number of methoxy groups -OCH3 is 1. The molecular formula is C26H26N4O4. The third kappa shape index (κ3) is 5.98. The molecule has 2 aromatic carbocycles. The van der Waals surface area contributed by atoms with E-state index in [0.717, 1.165) is 16.8 Å². The minimum atomic E-state index is -0.261. The molecular weight excluding hydrogens is 432 g/mol. The van der Waals surface area contributed by atoms with Gasteiger partial charge in [-0.05, 0) is 23.8 Å². The summed E-state index contributed by atoms with van der Waals surface area (Å²) >= 11 is 0. The normalized spacial score (nSPS) is 12.7. The van der Waals surface area contributed by atoms with E-state index in [2.05, 4.69) is 15.4 Å². The van der Waals surface area contributed by atoms with E-state index in [-0.39, 0.29) is 24.7 Å². The summed E-state index contributed by atoms with van der Waals surface area (Å²) in [6.45, 7) is 0.845. The average molecular weight is 459 g/mol. The van der Waals surface area contributed by atoms with Crippen molar-refractivity contribution >= 4 is 23.2 Å². The van der Waals surface area contributed by atoms with Crippen molar-refractivity contribution < 1.29 is 19.1 Å². The number of benzene rings is 2. The van der Waals surface area contributed by atoms with Crippen LogP contribution in [0, 0.1) is 0 Å². The molecule has 8 heteroatoms. The average Bonchev–Trinajstić information content (AvgIpc) is 3.38. The van der Waals surface area contributed by atoms with Crippen LogP contribution in [0.4, 0.5) is 5.69 Å². The summed E-state index contributed by atoms with van der Waals surface area (Å²) in [5, 5.41) is 8.70. The number of carbonyl (C=O) groups excluding carboxylic acids is 2. The van der Waals surface area contributed by atoms with Crippen LogP contribution in [0.5, 0.6) is 11.5 Å². The molecule has 8 nitrogen and oxygen atoms in total. The molecule has 4 rings (SSSR count). The first-order valence-corrected chi connectivity index (χ1v) is 11.1. The molecule has 1 aliphatic rings. The highest BCUT2D eigenvalue weighted by Crippen LogP contribution is 2.31. The number of hydrogen-bond donors (Lipinski definition) is 1. The molecule has 0 saturated heterocycles. The molecule has 3 aromatic rings. The van der Waals surface area contributed by atoms with E-state index in [1.54, 1.807) is 37.7 Å². The SMILES string of the molecule is COc1ccc(NC(=O)CCC(=O)N2CCC(c3ccccc3)=N2)cc1OCc1cccnc1. The summed E-state index contributed by atoms with van der Waals surface area (Å²) in [6, 6.07) is 18.7. The molecule has 174 valence electrons. The van der Waals surface area contributed by atoms with Crippen LogP contribution >= 0.6 is 0 Å². The van der Waals surface area contributed by atoms with Gasteiger partial charge in [-0.15, -0.1) is 0 Å². The zero-order valence-corrected chi connectivity index (χ0v) is 18.9. The van der Waals surface area contributed by atoms with E-state index in [1.807, 2.05) is 42.5 Å². The van der Waals surface area contributed by atoms with Crippen LogP contribution in [0.15, 0.2) is 78.2 Å². The van der Waals surface area contributed by atoms with Gasteiger partial charge in [-0.25, -0.2) is 5.01 Å². The summed E-state index contributed by atoms with van der Waals surface area (Å²) < 4.78 is 11.2. The van der Waals surface area contributed by atoms with Crippen molar-refractivity contribution in [2.75, 3.05) is 19.0 Å². The number of nitrogens with one attached hydrogen (secondary N) is 1. The summed E-state index contributed by atoms with van der Waals surface area (Å²) in [6.07, 6.45) is 4.27. The molecule has 2 amide bonds. The second-order valence-corrected chi connectivity index (χ2v) is 7.74. The number of hydrogen-bond acceptors (Lipinski definition) is 6. The van der Waals surface area contributed by atoms with Gasteiger partial charge in [-0.2, -0.15) is 5.10 Å². The fourth-order valence-corrected chi connectivity index (χ4v) is 3.56. The molecule has 0 saturated carbocycles. The lowest BCUT2D eigenvalue weighted by atomic mass is 10.1. The highest BCUT2D eigenvalue weighted by molar-refractivity contribution is 6.02. The molecule has 0 fully saturated rings. The monoisotopic (exact) mass is 458 g/mol. The van der Waals surface area contributed by atoms with Crippen molar-refractivity contribution in [1.29, 1.82) is 0 Å². The Hall–Kier alpha value is -4.20. The first kappa shape index (κ1) is 23.0. The molecule has 0 atom stereocenters. The Bertz CT molecular complexity index is 1170. The molecule has 0 bridgehead atoms. The van der Waals surface area contributed by atoms with Crippen molar-refractivity contribution in [3.05, 3.63) is 84.2 Å². The van der Waals surface area contributed by atoms with Crippen LogP contribution in [0.1, 0.15) is 30.4 Å². The Kier molecular flexibility index (Phi) is 7.49. The number of carbonyl (C=O) groups is 2. The van der Waals surface area contributed by atoms with Crippen molar-refractivity contribution in [3.63, 3.8) is 0 Å². The zero-order valence-electron chi connectivity index (χ0n) is 18.9. The Morgan fingerprint density at radius 2 is 1.88 bits per heavy atom. The highest BCUT2D eigenvalue weighted by atomic mass is 16.5. The summed E-state index contributed by atoms with van der Waals surface area (Å²) in [5.74, 6) is 0.623. The van der Waals surface area contributed by atoms with Crippen LogP contribution < -0.4 is 14.8 Å². The van der Waals surface area contributed by atoms with E-state index in [4.69, 9.17) is 9.47 Å². The number of amides is 2. The maximum absolute atomic E-state index is 12.5. The Balaban J connectivity index is 1.30. The van der Waals surface area contributed by atoms with Gasteiger partial charge in [0.1, 0.15) is 6.61 Å². The number of nitrogens with zero attached hydrogens (tertiary/aromatic N) is 3. The van der Waals surface area contributed by atoms with Gasteiger partial charge in [0.2, 0.25) is 11.8 Å². The lowest BCUT2D eigenvalue weighted by Gasteiger charge is -2.14. The number of ether oxygens (including phenoxy) is 2. The lowest BCUT2D eigenvalue weighted by molar-refractivity contribution is -0.132. The summed E-state index contributed by atoms with van der Waals surface area (Å²) in [7, 11) is 1.56. The summed E-state index contributed by atoms with van der Waals surface area (Å²) in [5.41, 5.74) is 3.37. The van der Waals surface area contributed by atoms with Gasteiger partial charge in [0.05, 0.1) is 19.4 Å². The third-order valence-corrected chi connectivity index (χ3v) is 5.33. The number of aromatic nitrogens is 1. The molecule has 0 unspecified atom stereocenters. The van der Waals surface area contributed by atoms with Crippen molar-refractivity contribution in [2.45, 2.75) is 25.9 Å². The number of anilines is 1. The van der Waals surface area contributed by atoms with E-state index in [0.29, 0.717) is 36.8 Å². The molecule has 1 N–H and O–H groups in total. The number of rotatable bonds is 9. The molecule has 34 heavy (non-hydrogen) atoms. The summed E-state index contributed by atoms with van der Waals surface area (Å²) in [4.78, 5) is 29.1. The van der Waals surface area contributed by atoms with Gasteiger partial charge in [0.15, 0.2) is 11.5 Å². The smallest absolute Gasteiger partial charge is 0.243 e. The lowest BCUT2D eigenvalue weighted by Crippen LogP contribution is -2.25. The van der Waals surface area contributed by atoms with E-state index >= 15 is 0 Å². The van der Waals surface area contributed by atoms with Crippen molar-refractivity contribution in [1.82, 2.24) is 9.99 Å². The van der Waals surface area contributed by atoms with E-state index in [9.17, 15) is 9.59 Å². The molecule has 1 aromatic heterocycles. The molecule has 2 heterocycles. The quantitative estimate of drug-likeness (QED) is 0.523. The minimum Gasteiger partial charge on any atom is -0.493 e. The standard InChI is InChI=1S/C26H26N4O4/c1-33-23-10-9-21(16-24(23)34-18-19-6-5-14-27-17-19)28-25(31)11-12-26(32)30-15-13-22(29-30)20-7-3-2-4-8-20/h2-10,14,16-17H,11-13,15,18H2,1H3,(H,28,31). The van der Waals surface area contributed by atoms with Gasteiger partial charge in [0, 0.05) is 49.0 Å². The van der Waals surface area contributed by atoms with Gasteiger partial charge in [-0.1, -0.05) is 36.4 Å². The second-order valence-electron chi connectivity index (χ2n) is 7.74. The maximum atomic E-state index is 12.5. The van der Waals surface area contributed by atoms with Crippen LogP contribution in [-0.4, -0.2) is 41.2 Å². The predicted molar refractivity (Wildman–Crippen MR) is 129 cm³/mol. The zero-order chi connectivity index (χ0) is 23.8. The van der Waals surface area contributed by atoms with E-state index < -0.39 is 0 Å². The Morgan fingerprint density at radius 3 is 2.65 bits per heavy atom. The Morgan fingerprint density at radius 1 is 1.03 bits per heavy atom.